The molecular weight excluding hydrogens is 380 g/mol. The first-order valence-corrected chi connectivity index (χ1v) is 12.3. The Hall–Kier alpha value is -1.50. The lowest BCUT2D eigenvalue weighted by molar-refractivity contribution is -0.0485. The van der Waals surface area contributed by atoms with Crippen LogP contribution in [0.15, 0.2) is 60.7 Å². The molecule has 4 nitrogen and oxygen atoms in total. The van der Waals surface area contributed by atoms with Crippen molar-refractivity contribution in [1.29, 1.82) is 0 Å². The van der Waals surface area contributed by atoms with Crippen LogP contribution in [0.25, 0.3) is 0 Å². The van der Waals surface area contributed by atoms with E-state index in [1.807, 2.05) is 36.4 Å². The number of hydrogen-bond acceptors (Lipinski definition) is 4. The SMILES string of the molecule is C[C@H]([C@H](O)[C@H](C)O)[C@H](O)CCO[Si](c1ccccc1)(c1ccccc1)C(C)(C)C. The Morgan fingerprint density at radius 2 is 1.28 bits per heavy atom. The second kappa shape index (κ2) is 10.0. The topological polar surface area (TPSA) is 69.9 Å². The summed E-state index contributed by atoms with van der Waals surface area (Å²) in [5, 5.41) is 32.5. The fraction of sp³-hybridized carbons (Fsp3) is 0.500. The Labute approximate surface area is 176 Å². The molecule has 0 fully saturated rings. The van der Waals surface area contributed by atoms with Crippen LogP contribution < -0.4 is 10.4 Å². The van der Waals surface area contributed by atoms with Crippen LogP contribution in [0.5, 0.6) is 0 Å². The van der Waals surface area contributed by atoms with E-state index >= 15 is 0 Å². The lowest BCUT2D eigenvalue weighted by atomic mass is 9.93. The molecule has 0 unspecified atom stereocenters. The number of rotatable bonds is 9. The van der Waals surface area contributed by atoms with Gasteiger partial charge in [0.2, 0.25) is 0 Å². The van der Waals surface area contributed by atoms with Gasteiger partial charge in [0.05, 0.1) is 18.3 Å². The van der Waals surface area contributed by atoms with E-state index < -0.39 is 32.5 Å². The minimum atomic E-state index is -2.62. The molecule has 0 radical (unpaired) electrons. The third kappa shape index (κ3) is 5.35. The highest BCUT2D eigenvalue weighted by molar-refractivity contribution is 6.99. The summed E-state index contributed by atoms with van der Waals surface area (Å²) in [4.78, 5) is 0. The maximum atomic E-state index is 10.5. The number of aliphatic hydroxyl groups excluding tert-OH is 3. The van der Waals surface area contributed by atoms with Gasteiger partial charge < -0.3 is 19.7 Å². The minimum Gasteiger partial charge on any atom is -0.407 e. The number of benzene rings is 2. The lowest BCUT2D eigenvalue weighted by Gasteiger charge is -2.43. The predicted molar refractivity (Wildman–Crippen MR) is 121 cm³/mol. The highest BCUT2D eigenvalue weighted by Gasteiger charge is 2.50. The molecule has 29 heavy (non-hydrogen) atoms. The van der Waals surface area contributed by atoms with Gasteiger partial charge in [0, 0.05) is 12.5 Å². The van der Waals surface area contributed by atoms with Crippen LogP contribution in [0.1, 0.15) is 41.0 Å². The second-order valence-electron chi connectivity index (χ2n) is 8.96. The molecule has 0 saturated carbocycles. The van der Waals surface area contributed by atoms with E-state index in [1.165, 1.54) is 17.3 Å². The Balaban J connectivity index is 2.32. The molecule has 3 N–H and O–H groups in total. The molecule has 0 aromatic heterocycles. The zero-order valence-corrected chi connectivity index (χ0v) is 19.2. The van der Waals surface area contributed by atoms with Crippen LogP contribution >= 0.6 is 0 Å². The summed E-state index contributed by atoms with van der Waals surface area (Å²) in [7, 11) is -2.62. The van der Waals surface area contributed by atoms with Gasteiger partial charge in [0.25, 0.3) is 8.32 Å². The van der Waals surface area contributed by atoms with E-state index in [0.717, 1.165) is 0 Å². The summed E-state index contributed by atoms with van der Waals surface area (Å²) in [6.07, 6.45) is -2.19. The van der Waals surface area contributed by atoms with Crippen LogP contribution in [0.4, 0.5) is 0 Å². The van der Waals surface area contributed by atoms with Crippen molar-refractivity contribution in [2.75, 3.05) is 6.61 Å². The van der Waals surface area contributed by atoms with Crippen molar-refractivity contribution in [2.45, 2.75) is 64.4 Å². The van der Waals surface area contributed by atoms with E-state index in [9.17, 15) is 15.3 Å². The van der Waals surface area contributed by atoms with Gasteiger partial charge in [-0.05, 0) is 28.8 Å². The van der Waals surface area contributed by atoms with E-state index in [-0.39, 0.29) is 5.04 Å². The van der Waals surface area contributed by atoms with Crippen LogP contribution in [0, 0.1) is 5.92 Å². The molecular formula is C24H36O4Si. The summed E-state index contributed by atoms with van der Waals surface area (Å²) in [5.41, 5.74) is 0. The van der Waals surface area contributed by atoms with Gasteiger partial charge in [0.1, 0.15) is 0 Å². The van der Waals surface area contributed by atoms with Crippen LogP contribution in [-0.4, -0.2) is 48.6 Å². The van der Waals surface area contributed by atoms with Crippen molar-refractivity contribution >= 4 is 18.7 Å². The summed E-state index contributed by atoms with van der Waals surface area (Å²) in [5.74, 6) is -0.433. The van der Waals surface area contributed by atoms with E-state index in [2.05, 4.69) is 45.0 Å². The Kier molecular flexibility index (Phi) is 8.20. The molecule has 2 aromatic carbocycles. The van der Waals surface area contributed by atoms with Crippen molar-refractivity contribution < 1.29 is 19.7 Å². The van der Waals surface area contributed by atoms with Crippen molar-refractivity contribution in [1.82, 2.24) is 0 Å². The minimum absolute atomic E-state index is 0.120. The van der Waals surface area contributed by atoms with Crippen LogP contribution in [0.3, 0.4) is 0 Å². The molecule has 2 aromatic rings. The highest BCUT2D eigenvalue weighted by Crippen LogP contribution is 2.37. The smallest absolute Gasteiger partial charge is 0.261 e. The van der Waals surface area contributed by atoms with Gasteiger partial charge in [0.15, 0.2) is 0 Å². The molecule has 5 heteroatoms. The second-order valence-corrected chi connectivity index (χ2v) is 13.3. The quantitative estimate of drug-likeness (QED) is 0.550. The molecule has 0 heterocycles. The fourth-order valence-electron chi connectivity index (χ4n) is 4.02. The van der Waals surface area contributed by atoms with Crippen molar-refractivity contribution in [3.8, 4) is 0 Å². The molecule has 2 rings (SSSR count). The maximum absolute atomic E-state index is 10.5. The van der Waals surface area contributed by atoms with E-state index in [4.69, 9.17) is 4.43 Å². The van der Waals surface area contributed by atoms with Gasteiger partial charge in [-0.3, -0.25) is 0 Å². The van der Waals surface area contributed by atoms with Gasteiger partial charge in [-0.1, -0.05) is 88.4 Å². The predicted octanol–water partition coefficient (Wildman–Crippen LogP) is 2.69. The fourth-order valence-corrected chi connectivity index (χ4v) is 8.60. The molecule has 0 spiro atoms. The normalized spacial score (nSPS) is 16.8. The zero-order chi connectivity index (χ0) is 21.7. The molecule has 0 amide bonds. The van der Waals surface area contributed by atoms with Crippen molar-refractivity contribution in [3.05, 3.63) is 60.7 Å². The Bertz CT molecular complexity index is 688. The van der Waals surface area contributed by atoms with Crippen molar-refractivity contribution in [2.24, 2.45) is 5.92 Å². The average Bonchev–Trinajstić information content (AvgIpc) is 2.70. The van der Waals surface area contributed by atoms with E-state index in [1.54, 1.807) is 6.92 Å². The van der Waals surface area contributed by atoms with Crippen LogP contribution in [-0.2, 0) is 4.43 Å². The monoisotopic (exact) mass is 416 g/mol. The Morgan fingerprint density at radius 1 is 0.828 bits per heavy atom. The molecule has 0 aliphatic rings. The zero-order valence-electron chi connectivity index (χ0n) is 18.2. The first kappa shape index (κ1) is 23.8. The van der Waals surface area contributed by atoms with Crippen molar-refractivity contribution in [3.63, 3.8) is 0 Å². The lowest BCUT2D eigenvalue weighted by Crippen LogP contribution is -2.66. The summed E-state index contributed by atoms with van der Waals surface area (Å²) < 4.78 is 6.76. The van der Waals surface area contributed by atoms with Gasteiger partial charge in [-0.25, -0.2) is 0 Å². The summed E-state index contributed by atoms with van der Waals surface area (Å²) in [6.45, 7) is 10.3. The standard InChI is InChI=1S/C24H36O4Si/c1-18(23(27)19(2)25)22(26)16-17-28-29(24(3,4)5,20-12-8-6-9-13-20)21-14-10-7-11-15-21/h6-15,18-19,22-23,25-27H,16-17H2,1-5H3/t18-,19-,22+,23-/m0/s1. The third-order valence-corrected chi connectivity index (χ3v) is 10.8. The molecule has 160 valence electrons. The first-order chi connectivity index (χ1) is 13.6. The molecule has 0 bridgehead atoms. The van der Waals surface area contributed by atoms with Gasteiger partial charge in [-0.15, -0.1) is 0 Å². The largest absolute Gasteiger partial charge is 0.407 e. The molecule has 0 aliphatic heterocycles. The molecule has 0 aliphatic carbocycles. The van der Waals surface area contributed by atoms with Gasteiger partial charge >= 0.3 is 0 Å². The summed E-state index contributed by atoms with van der Waals surface area (Å²) >= 11 is 0. The Morgan fingerprint density at radius 3 is 1.66 bits per heavy atom. The number of aliphatic hydroxyl groups is 3. The molecule has 0 saturated heterocycles. The van der Waals surface area contributed by atoms with Gasteiger partial charge in [-0.2, -0.15) is 0 Å². The number of hydrogen-bond donors (Lipinski definition) is 3. The third-order valence-electron chi connectivity index (χ3n) is 5.79. The van der Waals surface area contributed by atoms with E-state index in [0.29, 0.717) is 13.0 Å². The highest BCUT2D eigenvalue weighted by atomic mass is 28.4. The molecule has 4 atom stereocenters. The first-order valence-electron chi connectivity index (χ1n) is 10.4. The van der Waals surface area contributed by atoms with Crippen LogP contribution in [0.2, 0.25) is 5.04 Å². The average molecular weight is 417 g/mol. The summed E-state index contributed by atoms with van der Waals surface area (Å²) in [6, 6.07) is 20.8. The maximum Gasteiger partial charge on any atom is 0.261 e.